The molecule has 6 heterocycles. The fourth-order valence-electron chi connectivity index (χ4n) is 7.45. The zero-order valence-electron chi connectivity index (χ0n) is 26.2. The van der Waals surface area contributed by atoms with Gasteiger partial charge in [0.2, 0.25) is 0 Å². The maximum Gasteiger partial charge on any atom is 0.410 e. The van der Waals surface area contributed by atoms with E-state index in [9.17, 15) is 4.79 Å². The molecule has 43 heavy (non-hydrogen) atoms. The number of ether oxygens (including phenoxy) is 2. The van der Waals surface area contributed by atoms with Gasteiger partial charge in [-0.05, 0) is 84.0 Å². The standard InChI is InChI=1S/C34H44N6O3/c1-22-9-6-10-23-11-7-13-29(30(22)23)38-16-14-27-28(20-38)35-32(42-21-24-12-8-15-37(24)5)36-31(27)39-18-25-17-26(19-39)40(25)33(41)43-34(2,3)4/h6-7,9-11,13,24-26H,8,12,14-21H2,1-5H3. The second kappa shape index (κ2) is 10.8. The number of hydrogen-bond acceptors (Lipinski definition) is 8. The Morgan fingerprint density at radius 1 is 1.02 bits per heavy atom. The van der Waals surface area contributed by atoms with Crippen molar-refractivity contribution in [2.45, 2.75) is 83.6 Å². The Labute approximate surface area is 254 Å². The van der Waals surface area contributed by atoms with Crippen LogP contribution in [-0.4, -0.2) is 89.4 Å². The molecule has 0 radical (unpaired) electrons. The van der Waals surface area contributed by atoms with Crippen molar-refractivity contribution in [3.63, 3.8) is 0 Å². The van der Waals surface area contributed by atoms with E-state index in [1.165, 1.54) is 34.0 Å². The fourth-order valence-corrected chi connectivity index (χ4v) is 7.45. The SMILES string of the molecule is Cc1cccc2cccc(N3CCc4c(nc(OCC5CCCN5C)nc4N4CC5CC(C4)N5C(=O)OC(C)(C)C)C3)c12. The maximum absolute atomic E-state index is 12.9. The van der Waals surface area contributed by atoms with Crippen LogP contribution >= 0.6 is 0 Å². The Bertz CT molecular complexity index is 1520. The van der Waals surface area contributed by atoms with Crippen molar-refractivity contribution in [1.82, 2.24) is 19.8 Å². The summed E-state index contributed by atoms with van der Waals surface area (Å²) in [7, 11) is 2.17. The van der Waals surface area contributed by atoms with Gasteiger partial charge in [0, 0.05) is 42.3 Å². The highest BCUT2D eigenvalue weighted by Crippen LogP contribution is 2.39. The van der Waals surface area contributed by atoms with E-state index in [-0.39, 0.29) is 18.2 Å². The number of likely N-dealkylation sites (N-methyl/N-ethyl adjacent to an activating group) is 1. The number of nitrogens with zero attached hydrogens (tertiary/aromatic N) is 6. The van der Waals surface area contributed by atoms with Gasteiger partial charge < -0.3 is 24.2 Å². The number of piperazine rings is 1. The van der Waals surface area contributed by atoms with Crippen LogP contribution in [0.1, 0.15) is 56.9 Å². The van der Waals surface area contributed by atoms with Crippen LogP contribution in [0.5, 0.6) is 6.01 Å². The first-order valence-electron chi connectivity index (χ1n) is 15.9. The van der Waals surface area contributed by atoms with Gasteiger partial charge in [0.05, 0.1) is 24.3 Å². The van der Waals surface area contributed by atoms with Gasteiger partial charge >= 0.3 is 12.1 Å². The van der Waals surface area contributed by atoms with E-state index in [1.54, 1.807) is 0 Å². The lowest BCUT2D eigenvalue weighted by Crippen LogP contribution is -2.70. The highest BCUT2D eigenvalue weighted by molar-refractivity contribution is 5.97. The number of carbonyl (C=O) groups is 1. The van der Waals surface area contributed by atoms with E-state index in [1.807, 2.05) is 25.7 Å². The van der Waals surface area contributed by atoms with E-state index in [2.05, 4.69) is 65.1 Å². The molecule has 9 nitrogen and oxygen atoms in total. The molecule has 0 aliphatic carbocycles. The zero-order valence-corrected chi connectivity index (χ0v) is 26.2. The summed E-state index contributed by atoms with van der Waals surface area (Å²) in [5, 5.41) is 2.57. The van der Waals surface area contributed by atoms with Gasteiger partial charge in [-0.25, -0.2) is 4.79 Å². The highest BCUT2D eigenvalue weighted by Gasteiger charge is 2.49. The molecule has 1 amide bonds. The van der Waals surface area contributed by atoms with Gasteiger partial charge in [-0.15, -0.1) is 0 Å². The van der Waals surface area contributed by atoms with Crippen LogP contribution in [-0.2, 0) is 17.7 Å². The number of rotatable bonds is 5. The molecule has 2 bridgehead atoms. The van der Waals surface area contributed by atoms with Gasteiger partial charge in [-0.3, -0.25) is 4.90 Å². The largest absolute Gasteiger partial charge is 0.462 e. The molecule has 2 aromatic carbocycles. The third kappa shape index (κ3) is 5.37. The van der Waals surface area contributed by atoms with E-state index >= 15 is 0 Å². The third-order valence-electron chi connectivity index (χ3n) is 9.63. The summed E-state index contributed by atoms with van der Waals surface area (Å²) in [4.78, 5) is 32.2. The summed E-state index contributed by atoms with van der Waals surface area (Å²) in [5.41, 5.74) is 4.29. The van der Waals surface area contributed by atoms with Crippen molar-refractivity contribution in [2.75, 3.05) is 49.6 Å². The Morgan fingerprint density at radius 3 is 2.51 bits per heavy atom. The van der Waals surface area contributed by atoms with Crippen molar-refractivity contribution in [1.29, 1.82) is 0 Å². The number of aryl methyl sites for hydroxylation is 1. The van der Waals surface area contributed by atoms with E-state index in [4.69, 9.17) is 19.4 Å². The Balaban J connectivity index is 1.18. The van der Waals surface area contributed by atoms with Crippen LogP contribution < -0.4 is 14.5 Å². The minimum Gasteiger partial charge on any atom is -0.462 e. The van der Waals surface area contributed by atoms with E-state index < -0.39 is 5.60 Å². The molecule has 0 N–H and O–H groups in total. The van der Waals surface area contributed by atoms with E-state index in [0.717, 1.165) is 57.0 Å². The smallest absolute Gasteiger partial charge is 0.410 e. The first-order chi connectivity index (χ1) is 20.6. The van der Waals surface area contributed by atoms with Gasteiger partial charge in [-0.1, -0.05) is 30.3 Å². The molecule has 1 aromatic heterocycles. The fraction of sp³-hybridized carbons (Fsp3) is 0.559. The Hall–Kier alpha value is -3.59. The number of aromatic nitrogens is 2. The minimum atomic E-state index is -0.499. The predicted octanol–water partition coefficient (Wildman–Crippen LogP) is 5.17. The van der Waals surface area contributed by atoms with Crippen LogP contribution in [0.2, 0.25) is 0 Å². The Morgan fingerprint density at radius 2 is 1.79 bits per heavy atom. The number of amides is 1. The molecule has 3 unspecified atom stereocenters. The number of piperidine rings is 1. The molecule has 3 aromatic rings. The second-order valence-corrected chi connectivity index (χ2v) is 13.8. The monoisotopic (exact) mass is 584 g/mol. The average molecular weight is 585 g/mol. The lowest BCUT2D eigenvalue weighted by molar-refractivity contribution is -0.0381. The minimum absolute atomic E-state index is 0.134. The summed E-state index contributed by atoms with van der Waals surface area (Å²) in [6.45, 7) is 12.8. The number of anilines is 2. The van der Waals surface area contributed by atoms with Gasteiger partial charge in [0.1, 0.15) is 18.0 Å². The van der Waals surface area contributed by atoms with Crippen LogP contribution in [0.25, 0.3) is 10.8 Å². The van der Waals surface area contributed by atoms with Gasteiger partial charge in [-0.2, -0.15) is 9.97 Å². The molecule has 8 rings (SSSR count). The van der Waals surface area contributed by atoms with Crippen LogP contribution in [0.3, 0.4) is 0 Å². The van der Waals surface area contributed by atoms with Gasteiger partial charge in [0.25, 0.3) is 0 Å². The summed E-state index contributed by atoms with van der Waals surface area (Å²) >= 11 is 0. The van der Waals surface area contributed by atoms with Crippen molar-refractivity contribution >= 4 is 28.4 Å². The number of fused-ring (bicyclic) bond motifs is 4. The summed E-state index contributed by atoms with van der Waals surface area (Å²) in [6.07, 6.45) is 4.00. The highest BCUT2D eigenvalue weighted by atomic mass is 16.6. The summed E-state index contributed by atoms with van der Waals surface area (Å²) in [5.74, 6) is 0.979. The van der Waals surface area contributed by atoms with Crippen molar-refractivity contribution in [2.24, 2.45) is 0 Å². The molecule has 5 aliphatic heterocycles. The molecule has 4 saturated heterocycles. The number of likely N-dealkylation sites (tertiary alicyclic amines) is 1. The topological polar surface area (TPSA) is 74.3 Å². The van der Waals surface area contributed by atoms with Crippen molar-refractivity contribution in [3.05, 3.63) is 53.2 Å². The molecule has 4 fully saturated rings. The van der Waals surface area contributed by atoms with Crippen LogP contribution in [0.15, 0.2) is 36.4 Å². The first-order valence-corrected chi connectivity index (χ1v) is 15.9. The molecule has 3 atom stereocenters. The maximum atomic E-state index is 12.9. The Kier molecular flexibility index (Phi) is 7.11. The molecule has 0 saturated carbocycles. The quantitative estimate of drug-likeness (QED) is 0.407. The molecular weight excluding hydrogens is 540 g/mol. The lowest BCUT2D eigenvalue weighted by Gasteiger charge is -2.56. The molecule has 5 aliphatic rings. The number of benzene rings is 2. The van der Waals surface area contributed by atoms with Crippen molar-refractivity contribution < 1.29 is 14.3 Å². The van der Waals surface area contributed by atoms with E-state index in [0.29, 0.717) is 25.2 Å². The second-order valence-electron chi connectivity index (χ2n) is 13.8. The van der Waals surface area contributed by atoms with Crippen LogP contribution in [0, 0.1) is 6.92 Å². The van der Waals surface area contributed by atoms with Gasteiger partial charge in [0.15, 0.2) is 0 Å². The molecule has 228 valence electrons. The van der Waals surface area contributed by atoms with Crippen molar-refractivity contribution in [3.8, 4) is 6.01 Å². The normalized spacial score (nSPS) is 23.7. The average Bonchev–Trinajstić information content (AvgIpc) is 3.38. The summed E-state index contributed by atoms with van der Waals surface area (Å²) in [6, 6.07) is 14.2. The molecular formula is C34H44N6O3. The number of hydrogen-bond donors (Lipinski definition) is 0. The zero-order chi connectivity index (χ0) is 29.9. The lowest BCUT2D eigenvalue weighted by atomic mass is 9.87. The third-order valence-corrected chi connectivity index (χ3v) is 9.63. The van der Waals surface area contributed by atoms with Crippen LogP contribution in [0.4, 0.5) is 16.3 Å². The first kappa shape index (κ1) is 28.2. The number of carbonyl (C=O) groups excluding carboxylic acids is 1. The summed E-state index contributed by atoms with van der Waals surface area (Å²) < 4.78 is 12.1. The molecule has 0 spiro atoms. The molecule has 9 heteroatoms. The predicted molar refractivity (Wildman–Crippen MR) is 169 cm³/mol.